The van der Waals surface area contributed by atoms with Gasteiger partial charge < -0.3 is 14.3 Å². The first-order valence-electron chi connectivity index (χ1n) is 9.53. The lowest BCUT2D eigenvalue weighted by molar-refractivity contribution is -0.136. The molecule has 0 amide bonds. The van der Waals surface area contributed by atoms with Crippen LogP contribution in [0.2, 0.25) is 0 Å². The van der Waals surface area contributed by atoms with Crippen molar-refractivity contribution < 1.29 is 19.1 Å². The largest absolute Gasteiger partial charge is 0.488 e. The number of benzene rings is 2. The van der Waals surface area contributed by atoms with Crippen molar-refractivity contribution in [2.24, 2.45) is 0 Å². The van der Waals surface area contributed by atoms with Gasteiger partial charge in [0.25, 0.3) is 0 Å². The van der Waals surface area contributed by atoms with Crippen LogP contribution in [-0.2, 0) is 24.2 Å². The molecular weight excluding hydrogens is 467 g/mol. The molecule has 148 valence electrons. The first-order valence-corrected chi connectivity index (χ1v) is 10.6. The van der Waals surface area contributed by atoms with E-state index in [9.17, 15) is 4.79 Å². The Labute approximate surface area is 179 Å². The summed E-state index contributed by atoms with van der Waals surface area (Å²) in [6.07, 6.45) is 2.66. The van der Waals surface area contributed by atoms with Crippen molar-refractivity contribution in [3.8, 4) is 5.75 Å². The van der Waals surface area contributed by atoms with Crippen molar-refractivity contribution >= 4 is 39.5 Å². The molecule has 0 unspecified atom stereocenters. The number of furan rings is 1. The number of aryl methyl sites for hydroxylation is 2. The van der Waals surface area contributed by atoms with Crippen LogP contribution in [0.25, 0.3) is 11.0 Å². The van der Waals surface area contributed by atoms with Crippen LogP contribution in [0.5, 0.6) is 5.75 Å². The molecule has 0 saturated heterocycles. The van der Waals surface area contributed by atoms with E-state index in [1.54, 1.807) is 0 Å². The number of carboxylic acid groups (broad SMARTS) is 1. The molecule has 0 saturated carbocycles. The number of carbonyl (C=O) groups is 1. The molecule has 1 aromatic heterocycles. The van der Waals surface area contributed by atoms with Crippen molar-refractivity contribution in [2.45, 2.75) is 53.1 Å². The summed E-state index contributed by atoms with van der Waals surface area (Å²) in [4.78, 5) is 10.8. The number of hydrogen-bond donors (Lipinski definition) is 1. The normalized spacial score (nSPS) is 11.1. The zero-order valence-corrected chi connectivity index (χ0v) is 18.6. The minimum Gasteiger partial charge on any atom is -0.488 e. The second kappa shape index (κ2) is 8.99. The van der Waals surface area contributed by atoms with Gasteiger partial charge in [0.1, 0.15) is 23.7 Å². The number of halogens is 1. The lowest BCUT2D eigenvalue weighted by Crippen LogP contribution is -2.03. The summed E-state index contributed by atoms with van der Waals surface area (Å²) in [7, 11) is 0. The Balaban J connectivity index is 1.82. The smallest absolute Gasteiger partial charge is 0.303 e. The van der Waals surface area contributed by atoms with E-state index in [0.717, 1.165) is 61.1 Å². The molecule has 0 spiro atoms. The monoisotopic (exact) mass is 492 g/mol. The van der Waals surface area contributed by atoms with Crippen LogP contribution in [-0.4, -0.2) is 11.1 Å². The fourth-order valence-electron chi connectivity index (χ4n) is 3.39. The van der Waals surface area contributed by atoms with Crippen LogP contribution in [0.1, 0.15) is 47.8 Å². The van der Waals surface area contributed by atoms with E-state index in [4.69, 9.17) is 14.3 Å². The number of hydrogen-bond acceptors (Lipinski definition) is 3. The third-order valence-corrected chi connectivity index (χ3v) is 5.67. The van der Waals surface area contributed by atoms with Gasteiger partial charge in [-0.1, -0.05) is 13.0 Å². The number of fused-ring (bicyclic) bond motifs is 1. The van der Waals surface area contributed by atoms with Gasteiger partial charge in [-0.15, -0.1) is 0 Å². The minimum absolute atomic E-state index is 0.138. The van der Waals surface area contributed by atoms with E-state index < -0.39 is 5.97 Å². The Morgan fingerprint density at radius 3 is 2.61 bits per heavy atom. The summed E-state index contributed by atoms with van der Waals surface area (Å²) in [6.45, 7) is 6.62. The molecule has 0 aliphatic rings. The molecule has 0 aliphatic heterocycles. The van der Waals surface area contributed by atoms with Crippen LogP contribution in [0.4, 0.5) is 0 Å². The topological polar surface area (TPSA) is 59.7 Å². The summed E-state index contributed by atoms with van der Waals surface area (Å²) in [6, 6.07) is 10.3. The molecule has 3 rings (SSSR count). The van der Waals surface area contributed by atoms with Crippen LogP contribution in [0.3, 0.4) is 0 Å². The predicted molar refractivity (Wildman–Crippen MR) is 119 cm³/mol. The molecule has 28 heavy (non-hydrogen) atoms. The molecule has 1 N–H and O–H groups in total. The van der Waals surface area contributed by atoms with Crippen molar-refractivity contribution in [2.75, 3.05) is 0 Å². The van der Waals surface area contributed by atoms with Gasteiger partial charge in [-0.25, -0.2) is 0 Å². The maximum Gasteiger partial charge on any atom is 0.303 e. The zero-order chi connectivity index (χ0) is 20.3. The van der Waals surface area contributed by atoms with Crippen LogP contribution in [0.15, 0.2) is 34.7 Å². The van der Waals surface area contributed by atoms with E-state index >= 15 is 0 Å². The van der Waals surface area contributed by atoms with Crippen molar-refractivity contribution in [1.29, 1.82) is 0 Å². The zero-order valence-electron chi connectivity index (χ0n) is 16.5. The Hall–Kier alpha value is -2.02. The van der Waals surface area contributed by atoms with E-state index in [0.29, 0.717) is 13.0 Å². The highest BCUT2D eigenvalue weighted by Gasteiger charge is 2.13. The lowest BCUT2D eigenvalue weighted by atomic mass is 9.99. The summed E-state index contributed by atoms with van der Waals surface area (Å²) < 4.78 is 13.4. The van der Waals surface area contributed by atoms with Gasteiger partial charge in [0.05, 0.1) is 0 Å². The van der Waals surface area contributed by atoms with Crippen molar-refractivity contribution in [3.63, 3.8) is 0 Å². The molecule has 4 nitrogen and oxygen atoms in total. The molecular formula is C23H25IO4. The fourth-order valence-corrected chi connectivity index (χ4v) is 4.10. The molecule has 0 aliphatic carbocycles. The summed E-state index contributed by atoms with van der Waals surface area (Å²) >= 11 is 2.32. The molecule has 3 aromatic rings. The number of carboxylic acids is 1. The molecule has 0 fully saturated rings. The first kappa shape index (κ1) is 20.7. The average molecular weight is 492 g/mol. The lowest BCUT2D eigenvalue weighted by Gasteiger charge is -2.14. The van der Waals surface area contributed by atoms with Crippen molar-refractivity contribution in [1.82, 2.24) is 0 Å². The standard InChI is InChI=1S/C23H25IO4/c1-4-5-20-12-17-10-19(24)11-18(23(17)28-20)13-27-21-8-6-16(7-9-22(25)26)14(2)15(21)3/h6,8,10-12H,4-5,7,9,13H2,1-3H3,(H,25,26). The number of ether oxygens (including phenoxy) is 1. The molecule has 5 heteroatoms. The van der Waals surface area contributed by atoms with E-state index in [1.807, 2.05) is 26.0 Å². The first-order chi connectivity index (χ1) is 13.4. The third-order valence-electron chi connectivity index (χ3n) is 5.05. The predicted octanol–water partition coefficient (Wildman–Crippen LogP) is 6.20. The maximum atomic E-state index is 10.8. The highest BCUT2D eigenvalue weighted by atomic mass is 127. The van der Waals surface area contributed by atoms with Crippen molar-refractivity contribution in [3.05, 3.63) is 61.9 Å². The van der Waals surface area contributed by atoms with Gasteiger partial charge in [-0.3, -0.25) is 4.79 Å². The molecule has 0 atom stereocenters. The Kier molecular flexibility index (Phi) is 6.65. The number of aliphatic carboxylic acids is 1. The third kappa shape index (κ3) is 4.69. The molecule has 0 bridgehead atoms. The summed E-state index contributed by atoms with van der Waals surface area (Å²) in [5.74, 6) is 1.06. The van der Waals surface area contributed by atoms with Gasteiger partial charge in [0.15, 0.2) is 0 Å². The Morgan fingerprint density at radius 2 is 1.89 bits per heavy atom. The SMILES string of the molecule is CCCc1cc2cc(I)cc(COc3ccc(CCC(=O)O)c(C)c3C)c2o1. The minimum atomic E-state index is -0.777. The van der Waals surface area contributed by atoms with Gasteiger partial charge >= 0.3 is 5.97 Å². The maximum absolute atomic E-state index is 10.8. The van der Waals surface area contributed by atoms with Gasteiger partial charge in [-0.05, 0) is 90.2 Å². The van der Waals surface area contributed by atoms with Gasteiger partial charge in [0, 0.05) is 27.4 Å². The van der Waals surface area contributed by atoms with E-state index in [1.165, 1.54) is 0 Å². The molecule has 1 heterocycles. The highest BCUT2D eigenvalue weighted by Crippen LogP contribution is 2.30. The number of rotatable bonds is 8. The summed E-state index contributed by atoms with van der Waals surface area (Å²) in [5, 5.41) is 10.0. The van der Waals surface area contributed by atoms with Crippen LogP contribution >= 0.6 is 22.6 Å². The van der Waals surface area contributed by atoms with E-state index in [2.05, 4.69) is 47.7 Å². The quantitative estimate of drug-likeness (QED) is 0.381. The van der Waals surface area contributed by atoms with Gasteiger partial charge in [-0.2, -0.15) is 0 Å². The second-order valence-electron chi connectivity index (χ2n) is 7.10. The Bertz CT molecular complexity index is 1000. The van der Waals surface area contributed by atoms with Crippen LogP contribution < -0.4 is 4.74 Å². The second-order valence-corrected chi connectivity index (χ2v) is 8.35. The average Bonchev–Trinajstić information content (AvgIpc) is 3.04. The van der Waals surface area contributed by atoms with Gasteiger partial charge in [0.2, 0.25) is 0 Å². The highest BCUT2D eigenvalue weighted by molar-refractivity contribution is 14.1. The fraction of sp³-hybridized carbons (Fsp3) is 0.348. The molecule has 0 radical (unpaired) electrons. The summed E-state index contributed by atoms with van der Waals surface area (Å²) in [5.41, 5.74) is 5.14. The molecule has 2 aromatic carbocycles. The Morgan fingerprint density at radius 1 is 1.11 bits per heavy atom. The van der Waals surface area contributed by atoms with E-state index in [-0.39, 0.29) is 6.42 Å². The van der Waals surface area contributed by atoms with Crippen LogP contribution in [0, 0.1) is 17.4 Å².